The van der Waals surface area contributed by atoms with Crippen LogP contribution in [0.4, 0.5) is 10.5 Å². The van der Waals surface area contributed by atoms with E-state index >= 15 is 0 Å². The van der Waals surface area contributed by atoms with E-state index in [1.165, 1.54) is 0 Å². The average Bonchev–Trinajstić information content (AvgIpc) is 3.11. The first-order valence-electron chi connectivity index (χ1n) is 8.28. The number of benzene rings is 1. The van der Waals surface area contributed by atoms with Gasteiger partial charge in [-0.2, -0.15) is 11.8 Å². The topological polar surface area (TPSA) is 79.5 Å². The Morgan fingerprint density at radius 1 is 1.38 bits per heavy atom. The lowest BCUT2D eigenvalue weighted by Crippen LogP contribution is -2.36. The monoisotopic (exact) mass is 349 g/mol. The molecule has 0 aliphatic carbocycles. The van der Waals surface area contributed by atoms with E-state index in [2.05, 4.69) is 16.0 Å². The van der Waals surface area contributed by atoms with E-state index in [9.17, 15) is 9.59 Å². The van der Waals surface area contributed by atoms with Crippen molar-refractivity contribution in [3.63, 3.8) is 0 Å². The fourth-order valence-electron chi connectivity index (χ4n) is 3.20. The SMILES string of the molecule is COc1cccc(NC(=O)CCCC[C@@H]2SC[C@H]3NC(=O)N[C@@H]23)c1. The number of rotatable bonds is 7. The number of hydrogen-bond donors (Lipinski definition) is 3. The molecule has 1 aromatic rings. The quantitative estimate of drug-likeness (QED) is 0.521. The van der Waals surface area contributed by atoms with Gasteiger partial charge in [0.05, 0.1) is 19.2 Å². The highest BCUT2D eigenvalue weighted by Gasteiger charge is 2.42. The predicted octanol–water partition coefficient (Wildman–Crippen LogP) is 2.36. The molecule has 2 aliphatic heterocycles. The first-order valence-corrected chi connectivity index (χ1v) is 9.33. The van der Waals surface area contributed by atoms with Crippen molar-refractivity contribution in [2.24, 2.45) is 0 Å². The molecule has 6 nitrogen and oxygen atoms in total. The van der Waals surface area contributed by atoms with Crippen molar-refractivity contribution in [1.29, 1.82) is 0 Å². The molecule has 2 aliphatic rings. The largest absolute Gasteiger partial charge is 0.497 e. The number of methoxy groups -OCH3 is 1. The fourth-order valence-corrected chi connectivity index (χ4v) is 4.74. The molecule has 2 saturated heterocycles. The van der Waals surface area contributed by atoms with E-state index in [4.69, 9.17) is 4.74 Å². The third-order valence-electron chi connectivity index (χ3n) is 4.43. The van der Waals surface area contributed by atoms with Crippen LogP contribution in [0.2, 0.25) is 0 Å². The lowest BCUT2D eigenvalue weighted by molar-refractivity contribution is -0.116. The highest BCUT2D eigenvalue weighted by Crippen LogP contribution is 2.33. The van der Waals surface area contributed by atoms with Gasteiger partial charge in [-0.3, -0.25) is 4.79 Å². The lowest BCUT2D eigenvalue weighted by atomic mass is 10.0. The van der Waals surface area contributed by atoms with Crippen LogP contribution in [0.3, 0.4) is 0 Å². The van der Waals surface area contributed by atoms with Gasteiger partial charge in [0.15, 0.2) is 0 Å². The van der Waals surface area contributed by atoms with E-state index in [0.29, 0.717) is 11.7 Å². The molecule has 3 rings (SSSR count). The van der Waals surface area contributed by atoms with Crippen LogP contribution in [0.25, 0.3) is 0 Å². The molecule has 3 atom stereocenters. The summed E-state index contributed by atoms with van der Waals surface area (Å²) in [5.41, 5.74) is 0.758. The molecule has 0 saturated carbocycles. The molecule has 24 heavy (non-hydrogen) atoms. The number of urea groups is 1. The van der Waals surface area contributed by atoms with Gasteiger partial charge in [-0.05, 0) is 25.0 Å². The summed E-state index contributed by atoms with van der Waals surface area (Å²) in [7, 11) is 1.61. The van der Waals surface area contributed by atoms with Gasteiger partial charge in [0.2, 0.25) is 5.91 Å². The van der Waals surface area contributed by atoms with Crippen LogP contribution < -0.4 is 20.7 Å². The molecule has 130 valence electrons. The number of amides is 3. The van der Waals surface area contributed by atoms with Crippen LogP contribution in [-0.2, 0) is 4.79 Å². The Morgan fingerprint density at radius 3 is 3.08 bits per heavy atom. The van der Waals surface area contributed by atoms with Gasteiger partial charge in [0, 0.05) is 29.2 Å². The average molecular weight is 349 g/mol. The smallest absolute Gasteiger partial charge is 0.315 e. The number of nitrogens with one attached hydrogen (secondary N) is 3. The van der Waals surface area contributed by atoms with Gasteiger partial charge in [-0.1, -0.05) is 12.5 Å². The van der Waals surface area contributed by atoms with Gasteiger partial charge < -0.3 is 20.7 Å². The summed E-state index contributed by atoms with van der Waals surface area (Å²) in [5, 5.41) is 9.29. The Labute approximate surface area is 146 Å². The second kappa shape index (κ2) is 7.79. The number of unbranched alkanes of at least 4 members (excludes halogenated alkanes) is 1. The minimum absolute atomic E-state index is 0.0241. The summed E-state index contributed by atoms with van der Waals surface area (Å²) >= 11 is 1.91. The summed E-state index contributed by atoms with van der Waals surface area (Å²) in [5.74, 6) is 1.73. The van der Waals surface area contributed by atoms with E-state index in [1.807, 2.05) is 36.0 Å². The van der Waals surface area contributed by atoms with Crippen LogP contribution in [0.15, 0.2) is 24.3 Å². The molecule has 0 spiro atoms. The first kappa shape index (κ1) is 17.0. The molecule has 0 radical (unpaired) electrons. The van der Waals surface area contributed by atoms with E-state index < -0.39 is 0 Å². The van der Waals surface area contributed by atoms with Gasteiger partial charge in [0.25, 0.3) is 0 Å². The van der Waals surface area contributed by atoms with Gasteiger partial charge in [-0.25, -0.2) is 4.79 Å². The Kier molecular flexibility index (Phi) is 5.50. The summed E-state index contributed by atoms with van der Waals surface area (Å²) in [6, 6.07) is 7.82. The first-order chi connectivity index (χ1) is 11.7. The summed E-state index contributed by atoms with van der Waals surface area (Å²) in [4.78, 5) is 23.4. The molecule has 3 amide bonds. The number of hydrogen-bond acceptors (Lipinski definition) is 4. The number of carbonyl (C=O) groups is 2. The minimum Gasteiger partial charge on any atom is -0.497 e. The van der Waals surface area contributed by atoms with Crippen LogP contribution in [0, 0.1) is 0 Å². The van der Waals surface area contributed by atoms with Gasteiger partial charge in [-0.15, -0.1) is 0 Å². The highest BCUT2D eigenvalue weighted by molar-refractivity contribution is 8.00. The molecule has 1 aromatic carbocycles. The second-order valence-electron chi connectivity index (χ2n) is 6.15. The van der Waals surface area contributed by atoms with Gasteiger partial charge >= 0.3 is 6.03 Å². The highest BCUT2D eigenvalue weighted by atomic mass is 32.2. The number of ether oxygens (including phenoxy) is 1. The van der Waals surface area contributed by atoms with Crippen molar-refractivity contribution >= 4 is 29.4 Å². The second-order valence-corrected chi connectivity index (χ2v) is 7.42. The molecule has 3 N–H and O–H groups in total. The number of fused-ring (bicyclic) bond motifs is 1. The molecule has 0 bridgehead atoms. The van der Waals surface area contributed by atoms with Crippen LogP contribution in [0.5, 0.6) is 5.75 Å². The van der Waals surface area contributed by atoms with Crippen molar-refractivity contribution < 1.29 is 14.3 Å². The standard InChI is InChI=1S/C17H23N3O3S/c1-23-12-6-4-5-11(9-12)18-15(21)8-3-2-7-14-16-13(10-24-14)19-17(22)20-16/h4-6,9,13-14,16H,2-3,7-8,10H2,1H3,(H,18,21)(H2,19,20,22)/t13-,14+,16-/m1/s1. The number of thioether (sulfide) groups is 1. The molecule has 0 aromatic heterocycles. The Bertz CT molecular complexity index is 610. The third kappa shape index (κ3) is 4.14. The Balaban J connectivity index is 1.36. The van der Waals surface area contributed by atoms with Crippen LogP contribution in [-0.4, -0.2) is 42.1 Å². The number of anilines is 1. The predicted molar refractivity (Wildman–Crippen MR) is 95.6 cm³/mol. The van der Waals surface area contributed by atoms with Crippen LogP contribution in [0.1, 0.15) is 25.7 Å². The number of carbonyl (C=O) groups excluding carboxylic acids is 2. The Hall–Kier alpha value is -1.89. The summed E-state index contributed by atoms with van der Waals surface area (Å²) < 4.78 is 5.15. The van der Waals surface area contributed by atoms with Crippen molar-refractivity contribution in [3.8, 4) is 5.75 Å². The van der Waals surface area contributed by atoms with Crippen LogP contribution >= 0.6 is 11.8 Å². The molecule has 7 heteroatoms. The van der Waals surface area contributed by atoms with E-state index in [1.54, 1.807) is 7.11 Å². The maximum Gasteiger partial charge on any atom is 0.315 e. The third-order valence-corrected chi connectivity index (χ3v) is 5.94. The molecular formula is C17H23N3O3S. The zero-order valence-corrected chi connectivity index (χ0v) is 14.5. The van der Waals surface area contributed by atoms with Crippen molar-refractivity contribution in [1.82, 2.24) is 10.6 Å². The fraction of sp³-hybridized carbons (Fsp3) is 0.529. The van der Waals surface area contributed by atoms with Crippen molar-refractivity contribution in [2.75, 3.05) is 18.2 Å². The van der Waals surface area contributed by atoms with E-state index in [-0.39, 0.29) is 24.0 Å². The molecule has 2 heterocycles. The van der Waals surface area contributed by atoms with Crippen molar-refractivity contribution in [3.05, 3.63) is 24.3 Å². The molecule has 2 fully saturated rings. The lowest BCUT2D eigenvalue weighted by Gasteiger charge is -2.16. The maximum absolute atomic E-state index is 12.0. The molecular weight excluding hydrogens is 326 g/mol. The van der Waals surface area contributed by atoms with Gasteiger partial charge in [0.1, 0.15) is 5.75 Å². The summed E-state index contributed by atoms with van der Waals surface area (Å²) in [6.45, 7) is 0. The zero-order valence-electron chi connectivity index (χ0n) is 13.7. The minimum atomic E-state index is -0.0482. The molecule has 0 unspecified atom stereocenters. The zero-order chi connectivity index (χ0) is 16.9. The normalized spacial score (nSPS) is 24.9. The Morgan fingerprint density at radius 2 is 2.25 bits per heavy atom. The summed E-state index contributed by atoms with van der Waals surface area (Å²) in [6.07, 6.45) is 3.38. The maximum atomic E-state index is 12.0. The van der Waals surface area contributed by atoms with E-state index in [0.717, 1.165) is 36.5 Å². The van der Waals surface area contributed by atoms with Crippen molar-refractivity contribution in [2.45, 2.75) is 43.0 Å².